The van der Waals surface area contributed by atoms with E-state index in [4.69, 9.17) is 5.26 Å². The summed E-state index contributed by atoms with van der Waals surface area (Å²) in [5.74, 6) is 0.256. The van der Waals surface area contributed by atoms with E-state index in [1.807, 2.05) is 22.9 Å². The van der Waals surface area contributed by atoms with Gasteiger partial charge in [-0.25, -0.2) is 0 Å². The summed E-state index contributed by atoms with van der Waals surface area (Å²) in [5, 5.41) is 16.0. The smallest absolute Gasteiger partial charge is 0.262 e. The minimum atomic E-state index is -0.243. The Balaban J connectivity index is 2.03. The first-order valence-corrected chi connectivity index (χ1v) is 7.60. The Morgan fingerprint density at radius 3 is 2.95 bits per heavy atom. The summed E-state index contributed by atoms with van der Waals surface area (Å²) in [6.07, 6.45) is 6.22. The van der Waals surface area contributed by atoms with Gasteiger partial charge in [0.2, 0.25) is 0 Å². The van der Waals surface area contributed by atoms with Gasteiger partial charge in [-0.15, -0.1) is 0 Å². The van der Waals surface area contributed by atoms with Crippen LogP contribution >= 0.6 is 11.3 Å². The Kier molecular flexibility index (Phi) is 4.75. The molecule has 2 rings (SSSR count). The molecule has 19 heavy (non-hydrogen) atoms. The first kappa shape index (κ1) is 13.8. The lowest BCUT2D eigenvalue weighted by molar-refractivity contribution is -0.118. The monoisotopic (exact) mass is 274 g/mol. The van der Waals surface area contributed by atoms with Crippen LogP contribution in [-0.4, -0.2) is 11.9 Å². The van der Waals surface area contributed by atoms with Gasteiger partial charge in [0.25, 0.3) is 5.91 Å². The van der Waals surface area contributed by atoms with E-state index in [0.717, 1.165) is 24.8 Å². The highest BCUT2D eigenvalue weighted by molar-refractivity contribution is 7.08. The molecule has 100 valence electrons. The number of hydrogen-bond acceptors (Lipinski definition) is 3. The highest BCUT2D eigenvalue weighted by Gasteiger charge is 2.23. The summed E-state index contributed by atoms with van der Waals surface area (Å²) in [6, 6.07) is 4.11. The van der Waals surface area contributed by atoms with Gasteiger partial charge in [-0.2, -0.15) is 16.6 Å². The molecule has 1 aliphatic rings. The van der Waals surface area contributed by atoms with Crippen LogP contribution in [0.4, 0.5) is 0 Å². The molecule has 0 unspecified atom stereocenters. The van der Waals surface area contributed by atoms with Crippen molar-refractivity contribution in [3.8, 4) is 6.07 Å². The molecule has 4 heteroatoms. The number of nitriles is 1. The summed E-state index contributed by atoms with van der Waals surface area (Å²) in [4.78, 5) is 12.1. The minimum Gasteiger partial charge on any atom is -0.348 e. The predicted octanol–water partition coefficient (Wildman–Crippen LogP) is 3.35. The van der Waals surface area contributed by atoms with Gasteiger partial charge in [-0.3, -0.25) is 4.79 Å². The van der Waals surface area contributed by atoms with Crippen molar-refractivity contribution < 1.29 is 4.79 Å². The summed E-state index contributed by atoms with van der Waals surface area (Å²) < 4.78 is 0. The number of nitrogens with zero attached hydrogens (tertiary/aromatic N) is 1. The number of thiophene rings is 1. The van der Waals surface area contributed by atoms with E-state index in [2.05, 4.69) is 12.2 Å². The summed E-state index contributed by atoms with van der Waals surface area (Å²) in [6.45, 7) is 2.17. The minimum absolute atomic E-state index is 0.191. The molecule has 2 atom stereocenters. The van der Waals surface area contributed by atoms with E-state index < -0.39 is 0 Å². The van der Waals surface area contributed by atoms with Crippen molar-refractivity contribution in [2.45, 2.75) is 38.6 Å². The lowest BCUT2D eigenvalue weighted by atomic mass is 9.86. The average Bonchev–Trinajstić information content (AvgIpc) is 2.91. The third-order valence-corrected chi connectivity index (χ3v) is 4.35. The van der Waals surface area contributed by atoms with Crippen molar-refractivity contribution in [3.05, 3.63) is 28.0 Å². The first-order valence-electron chi connectivity index (χ1n) is 6.65. The van der Waals surface area contributed by atoms with Gasteiger partial charge in [0, 0.05) is 6.04 Å². The fourth-order valence-corrected chi connectivity index (χ4v) is 3.07. The van der Waals surface area contributed by atoms with E-state index in [-0.39, 0.29) is 17.5 Å². The second kappa shape index (κ2) is 6.53. The van der Waals surface area contributed by atoms with Crippen LogP contribution in [-0.2, 0) is 4.79 Å². The fraction of sp³-hybridized carbons (Fsp3) is 0.467. The van der Waals surface area contributed by atoms with Crippen molar-refractivity contribution in [3.63, 3.8) is 0 Å². The third kappa shape index (κ3) is 3.68. The Morgan fingerprint density at radius 1 is 1.53 bits per heavy atom. The van der Waals surface area contributed by atoms with Crippen LogP contribution in [0.5, 0.6) is 0 Å². The van der Waals surface area contributed by atoms with Crippen molar-refractivity contribution in [1.82, 2.24) is 5.32 Å². The van der Waals surface area contributed by atoms with Crippen molar-refractivity contribution in [2.75, 3.05) is 0 Å². The van der Waals surface area contributed by atoms with E-state index in [9.17, 15) is 4.79 Å². The molecule has 0 aliphatic heterocycles. The highest BCUT2D eigenvalue weighted by Crippen LogP contribution is 2.24. The van der Waals surface area contributed by atoms with Crippen LogP contribution in [0.1, 0.15) is 38.2 Å². The maximum atomic E-state index is 12.1. The number of rotatable bonds is 3. The van der Waals surface area contributed by atoms with Crippen molar-refractivity contribution in [2.24, 2.45) is 5.92 Å². The summed E-state index contributed by atoms with van der Waals surface area (Å²) >= 11 is 1.55. The van der Waals surface area contributed by atoms with Crippen LogP contribution in [0.2, 0.25) is 0 Å². The second-order valence-electron chi connectivity index (χ2n) is 5.07. The molecule has 0 radical (unpaired) electrons. The lowest BCUT2D eigenvalue weighted by Gasteiger charge is -2.29. The van der Waals surface area contributed by atoms with Gasteiger partial charge in [0.15, 0.2) is 0 Å². The normalized spacial score (nSPS) is 23.7. The average molecular weight is 274 g/mol. The zero-order valence-corrected chi connectivity index (χ0v) is 11.9. The van der Waals surface area contributed by atoms with Gasteiger partial charge < -0.3 is 5.32 Å². The molecule has 0 aromatic carbocycles. The molecule has 1 fully saturated rings. The third-order valence-electron chi connectivity index (χ3n) is 3.65. The molecule has 1 amide bonds. The molecular formula is C15H18N2OS. The van der Waals surface area contributed by atoms with E-state index >= 15 is 0 Å². The van der Waals surface area contributed by atoms with Crippen molar-refractivity contribution >= 4 is 23.3 Å². The molecule has 1 aromatic heterocycles. The molecule has 1 heterocycles. The van der Waals surface area contributed by atoms with Crippen molar-refractivity contribution in [1.29, 1.82) is 5.26 Å². The van der Waals surface area contributed by atoms with Crippen LogP contribution in [0, 0.1) is 17.2 Å². The van der Waals surface area contributed by atoms with E-state index in [0.29, 0.717) is 5.92 Å². The van der Waals surface area contributed by atoms with Gasteiger partial charge in [-0.05, 0) is 47.2 Å². The molecule has 1 aromatic rings. The van der Waals surface area contributed by atoms with E-state index in [1.165, 1.54) is 6.42 Å². The first-order chi connectivity index (χ1) is 9.20. The Hall–Kier alpha value is -1.60. The Morgan fingerprint density at radius 2 is 2.32 bits per heavy atom. The number of carbonyl (C=O) groups excluding carboxylic acids is 1. The molecular weight excluding hydrogens is 256 g/mol. The fourth-order valence-electron chi connectivity index (χ4n) is 2.45. The molecule has 1 N–H and O–H groups in total. The molecule has 0 saturated heterocycles. The Labute approximate surface area is 117 Å². The van der Waals surface area contributed by atoms with Crippen LogP contribution in [0.3, 0.4) is 0 Å². The quantitative estimate of drug-likeness (QED) is 0.679. The topological polar surface area (TPSA) is 52.9 Å². The number of hydrogen-bond donors (Lipinski definition) is 1. The number of nitrogens with one attached hydrogen (secondary N) is 1. The Bertz CT molecular complexity index is 499. The lowest BCUT2D eigenvalue weighted by Crippen LogP contribution is -2.41. The summed E-state index contributed by atoms with van der Waals surface area (Å²) in [5.41, 5.74) is 1.10. The largest absolute Gasteiger partial charge is 0.348 e. The number of amides is 1. The second-order valence-corrected chi connectivity index (χ2v) is 5.85. The maximum absolute atomic E-state index is 12.1. The van der Waals surface area contributed by atoms with Gasteiger partial charge >= 0.3 is 0 Å². The van der Waals surface area contributed by atoms with Gasteiger partial charge in [-0.1, -0.05) is 19.8 Å². The molecule has 1 aliphatic carbocycles. The maximum Gasteiger partial charge on any atom is 0.262 e. The van der Waals surface area contributed by atoms with E-state index in [1.54, 1.807) is 17.4 Å². The molecule has 1 saturated carbocycles. The van der Waals surface area contributed by atoms with Gasteiger partial charge in [0.05, 0.1) is 0 Å². The van der Waals surface area contributed by atoms with Gasteiger partial charge in [0.1, 0.15) is 11.6 Å². The SMILES string of the molecule is C[C@H]1CCCC[C@H]1NC(=O)/C(C#N)=C/c1ccsc1. The number of carbonyl (C=O) groups is 1. The highest BCUT2D eigenvalue weighted by atomic mass is 32.1. The van der Waals surface area contributed by atoms with Crippen LogP contribution in [0.15, 0.2) is 22.4 Å². The molecule has 0 bridgehead atoms. The predicted molar refractivity (Wildman–Crippen MR) is 77.5 cm³/mol. The molecule has 0 spiro atoms. The molecule has 3 nitrogen and oxygen atoms in total. The standard InChI is InChI=1S/C15H18N2OS/c1-11-4-2-3-5-14(11)17-15(18)13(9-16)8-12-6-7-19-10-12/h6-8,10-11,14H,2-5H2,1H3,(H,17,18)/b13-8+/t11-,14+/m0/s1. The zero-order valence-electron chi connectivity index (χ0n) is 11.1. The summed E-state index contributed by atoms with van der Waals surface area (Å²) in [7, 11) is 0. The van der Waals surface area contributed by atoms with Crippen LogP contribution < -0.4 is 5.32 Å². The van der Waals surface area contributed by atoms with Crippen LogP contribution in [0.25, 0.3) is 6.08 Å². The zero-order chi connectivity index (χ0) is 13.7.